The van der Waals surface area contributed by atoms with Gasteiger partial charge in [-0.05, 0) is 31.6 Å². The lowest BCUT2D eigenvalue weighted by molar-refractivity contribution is -0.117. The van der Waals surface area contributed by atoms with Crippen LogP contribution in [0.4, 0.5) is 5.69 Å². The van der Waals surface area contributed by atoms with Gasteiger partial charge >= 0.3 is 0 Å². The van der Waals surface area contributed by atoms with Gasteiger partial charge in [-0.15, -0.1) is 0 Å². The smallest absolute Gasteiger partial charge is 0.247 e. The minimum absolute atomic E-state index is 0.175. The summed E-state index contributed by atoms with van der Waals surface area (Å²) in [5, 5.41) is 4.69. The van der Waals surface area contributed by atoms with Gasteiger partial charge in [-0.25, -0.2) is 10.4 Å². The number of aryl methyl sites for hydroxylation is 2. The fourth-order valence-corrected chi connectivity index (χ4v) is 2.92. The summed E-state index contributed by atoms with van der Waals surface area (Å²) in [7, 11) is 4.96. The second-order valence-corrected chi connectivity index (χ2v) is 6.27. The van der Waals surface area contributed by atoms with Crippen molar-refractivity contribution in [1.82, 2.24) is 20.4 Å². The average molecular weight is 369 g/mol. The van der Waals surface area contributed by atoms with Gasteiger partial charge in [0.1, 0.15) is 11.8 Å². The Morgan fingerprint density at radius 2 is 1.96 bits per heavy atom. The van der Waals surface area contributed by atoms with Crippen LogP contribution < -0.4 is 20.2 Å². The highest BCUT2D eigenvalue weighted by atomic mass is 16.5. The molecule has 1 atom stereocenters. The minimum atomic E-state index is -0.530. The van der Waals surface area contributed by atoms with E-state index in [1.54, 1.807) is 37.7 Å². The fourth-order valence-electron chi connectivity index (χ4n) is 2.92. The van der Waals surface area contributed by atoms with Gasteiger partial charge in [-0.3, -0.25) is 9.78 Å². The monoisotopic (exact) mass is 369 g/mol. The van der Waals surface area contributed by atoms with Crippen LogP contribution >= 0.6 is 0 Å². The molecule has 0 aromatic carbocycles. The molecule has 0 saturated carbocycles. The van der Waals surface area contributed by atoms with Gasteiger partial charge < -0.3 is 19.8 Å². The van der Waals surface area contributed by atoms with Crippen LogP contribution in [0.5, 0.6) is 11.6 Å². The largest absolute Gasteiger partial charge is 0.496 e. The minimum Gasteiger partial charge on any atom is -0.496 e. The first-order valence-electron chi connectivity index (χ1n) is 8.47. The van der Waals surface area contributed by atoms with Crippen LogP contribution in [0.2, 0.25) is 0 Å². The molecule has 1 amide bonds. The van der Waals surface area contributed by atoms with E-state index in [1.165, 1.54) is 0 Å². The van der Waals surface area contributed by atoms with Crippen LogP contribution in [-0.2, 0) is 4.79 Å². The van der Waals surface area contributed by atoms with Gasteiger partial charge in [-0.2, -0.15) is 0 Å². The van der Waals surface area contributed by atoms with E-state index in [0.29, 0.717) is 17.3 Å². The molecule has 0 saturated heterocycles. The highest BCUT2D eigenvalue weighted by molar-refractivity contribution is 5.98. The molecular formula is C19H23N5O3. The lowest BCUT2D eigenvalue weighted by Gasteiger charge is -2.20. The highest BCUT2D eigenvalue weighted by Crippen LogP contribution is 2.32. The Labute approximate surface area is 158 Å². The van der Waals surface area contributed by atoms with E-state index in [2.05, 4.69) is 20.7 Å². The molecule has 1 aliphatic heterocycles. The van der Waals surface area contributed by atoms with E-state index >= 15 is 0 Å². The van der Waals surface area contributed by atoms with E-state index in [0.717, 1.165) is 22.5 Å². The number of rotatable bonds is 5. The molecule has 0 aliphatic carbocycles. The standard InChI is InChI=1S/C19H23N5O3/c1-11-6-12(2)20-10-15(11)22-19(25)14-7-16(24(3)23-14)13-9-21-18(27-5)8-17(13)26-4/h6-10,14,23H,1-5H3,(H,22,25). The van der Waals surface area contributed by atoms with Gasteiger partial charge in [0.2, 0.25) is 11.8 Å². The van der Waals surface area contributed by atoms with Crippen molar-refractivity contribution in [2.45, 2.75) is 19.9 Å². The molecule has 1 unspecified atom stereocenters. The number of nitrogens with zero attached hydrogens (tertiary/aromatic N) is 3. The molecule has 0 radical (unpaired) electrons. The molecule has 27 heavy (non-hydrogen) atoms. The second kappa shape index (κ2) is 7.63. The Kier molecular flexibility index (Phi) is 5.27. The summed E-state index contributed by atoms with van der Waals surface area (Å²) in [4.78, 5) is 21.2. The topological polar surface area (TPSA) is 88.6 Å². The molecule has 1 aliphatic rings. The second-order valence-electron chi connectivity index (χ2n) is 6.27. The Morgan fingerprint density at radius 3 is 2.63 bits per heavy atom. The van der Waals surface area contributed by atoms with Crippen molar-refractivity contribution < 1.29 is 14.3 Å². The number of anilines is 1. The number of hydrogen-bond acceptors (Lipinski definition) is 7. The number of aromatic nitrogens is 2. The first-order valence-corrected chi connectivity index (χ1v) is 8.47. The zero-order chi connectivity index (χ0) is 19.6. The molecule has 2 aromatic rings. The van der Waals surface area contributed by atoms with Gasteiger partial charge in [-0.1, -0.05) is 0 Å². The molecule has 0 bridgehead atoms. The van der Waals surface area contributed by atoms with Gasteiger partial charge in [0, 0.05) is 25.0 Å². The van der Waals surface area contributed by atoms with Crippen molar-refractivity contribution in [3.8, 4) is 11.6 Å². The number of pyridine rings is 2. The molecule has 142 valence electrons. The Hall–Kier alpha value is -3.13. The first-order chi connectivity index (χ1) is 12.9. The molecule has 8 nitrogen and oxygen atoms in total. The van der Waals surface area contributed by atoms with Crippen molar-refractivity contribution in [2.75, 3.05) is 26.6 Å². The third-order valence-electron chi connectivity index (χ3n) is 4.35. The summed E-state index contributed by atoms with van der Waals surface area (Å²) in [5.41, 5.74) is 7.25. The maximum Gasteiger partial charge on any atom is 0.247 e. The lowest BCUT2D eigenvalue weighted by atomic mass is 10.1. The van der Waals surface area contributed by atoms with Crippen LogP contribution in [0.3, 0.4) is 0 Å². The van der Waals surface area contributed by atoms with E-state index in [9.17, 15) is 4.79 Å². The fraction of sp³-hybridized carbons (Fsp3) is 0.316. The third-order valence-corrected chi connectivity index (χ3v) is 4.35. The normalized spacial score (nSPS) is 16.1. The summed E-state index contributed by atoms with van der Waals surface area (Å²) < 4.78 is 10.6. The molecule has 2 aromatic heterocycles. The molecule has 3 rings (SSSR count). The molecule has 2 N–H and O–H groups in total. The van der Waals surface area contributed by atoms with Gasteiger partial charge in [0.25, 0.3) is 0 Å². The number of hydrazine groups is 1. The number of carbonyl (C=O) groups is 1. The van der Waals surface area contributed by atoms with Crippen molar-refractivity contribution >= 4 is 17.3 Å². The van der Waals surface area contributed by atoms with Crippen LogP contribution in [0, 0.1) is 13.8 Å². The molecular weight excluding hydrogens is 346 g/mol. The van der Waals surface area contributed by atoms with Crippen molar-refractivity contribution in [1.29, 1.82) is 0 Å². The van der Waals surface area contributed by atoms with Crippen molar-refractivity contribution in [3.63, 3.8) is 0 Å². The summed E-state index contributed by atoms with van der Waals surface area (Å²) in [6.45, 7) is 3.85. The molecule has 3 heterocycles. The van der Waals surface area contributed by atoms with Crippen LogP contribution in [0.1, 0.15) is 16.8 Å². The predicted octanol–water partition coefficient (Wildman–Crippen LogP) is 1.91. The van der Waals surface area contributed by atoms with Gasteiger partial charge in [0.05, 0.1) is 37.4 Å². The number of carbonyl (C=O) groups excluding carboxylic acids is 1. The first kappa shape index (κ1) is 18.7. The predicted molar refractivity (Wildman–Crippen MR) is 102 cm³/mol. The van der Waals surface area contributed by atoms with E-state index in [4.69, 9.17) is 9.47 Å². The quantitative estimate of drug-likeness (QED) is 0.832. The van der Waals surface area contributed by atoms with Gasteiger partial charge in [0.15, 0.2) is 0 Å². The third kappa shape index (κ3) is 3.85. The Morgan fingerprint density at radius 1 is 1.19 bits per heavy atom. The number of ether oxygens (including phenoxy) is 2. The van der Waals surface area contributed by atoms with E-state index < -0.39 is 6.04 Å². The summed E-state index contributed by atoms with van der Waals surface area (Å²) in [6, 6.07) is 3.11. The molecule has 0 spiro atoms. The van der Waals surface area contributed by atoms with Crippen molar-refractivity contribution in [3.05, 3.63) is 47.4 Å². The Bertz CT molecular complexity index is 897. The van der Waals surface area contributed by atoms with Crippen LogP contribution in [-0.4, -0.2) is 48.2 Å². The zero-order valence-corrected chi connectivity index (χ0v) is 16.0. The van der Waals surface area contributed by atoms with Crippen LogP contribution in [0.25, 0.3) is 5.70 Å². The number of methoxy groups -OCH3 is 2. The van der Waals surface area contributed by atoms with Crippen LogP contribution in [0.15, 0.2) is 30.6 Å². The summed E-state index contributed by atoms with van der Waals surface area (Å²) >= 11 is 0. The number of amides is 1. The Balaban J connectivity index is 1.83. The number of hydrogen-bond donors (Lipinski definition) is 2. The summed E-state index contributed by atoms with van der Waals surface area (Å²) in [6.07, 6.45) is 5.16. The van der Waals surface area contributed by atoms with E-state index in [1.807, 2.05) is 33.0 Å². The van der Waals surface area contributed by atoms with E-state index in [-0.39, 0.29) is 5.91 Å². The van der Waals surface area contributed by atoms with Crippen molar-refractivity contribution in [2.24, 2.45) is 0 Å². The zero-order valence-electron chi connectivity index (χ0n) is 16.0. The SMILES string of the molecule is COc1cc(OC)c(C2=CC(C(=O)Nc3cnc(C)cc3C)NN2C)cn1. The molecule has 0 fully saturated rings. The summed E-state index contributed by atoms with van der Waals surface area (Å²) in [5.74, 6) is 0.897. The number of nitrogens with one attached hydrogen (secondary N) is 2. The maximum atomic E-state index is 12.7. The lowest BCUT2D eigenvalue weighted by Crippen LogP contribution is -2.41. The highest BCUT2D eigenvalue weighted by Gasteiger charge is 2.28. The molecule has 8 heteroatoms. The maximum absolute atomic E-state index is 12.7. The average Bonchev–Trinajstić information content (AvgIpc) is 3.05.